The molecule has 2 aromatic rings. The van der Waals surface area contributed by atoms with Crippen molar-refractivity contribution >= 4 is 17.5 Å². The lowest BCUT2D eigenvalue weighted by Gasteiger charge is -2.08. The van der Waals surface area contributed by atoms with Crippen LogP contribution in [0.1, 0.15) is 17.3 Å². The SMILES string of the molecule is CNC(=O)Cn1cc(C(N)c2ccc(Cl)cc2)nn1. The Morgan fingerprint density at radius 1 is 1.47 bits per heavy atom. The summed E-state index contributed by atoms with van der Waals surface area (Å²) in [6.07, 6.45) is 1.66. The lowest BCUT2D eigenvalue weighted by molar-refractivity contribution is -0.121. The van der Waals surface area contributed by atoms with Crippen LogP contribution in [0.2, 0.25) is 5.02 Å². The third-order valence-electron chi connectivity index (χ3n) is 2.69. The molecule has 0 aliphatic heterocycles. The van der Waals surface area contributed by atoms with E-state index in [1.165, 1.54) is 4.68 Å². The highest BCUT2D eigenvalue weighted by atomic mass is 35.5. The molecule has 1 aromatic carbocycles. The third-order valence-corrected chi connectivity index (χ3v) is 2.94. The summed E-state index contributed by atoms with van der Waals surface area (Å²) < 4.78 is 1.45. The van der Waals surface area contributed by atoms with Crippen molar-refractivity contribution in [1.29, 1.82) is 0 Å². The Balaban J connectivity index is 2.13. The molecule has 0 radical (unpaired) electrons. The average molecular weight is 280 g/mol. The van der Waals surface area contributed by atoms with Crippen LogP contribution in [0.3, 0.4) is 0 Å². The van der Waals surface area contributed by atoms with Crippen molar-refractivity contribution in [2.75, 3.05) is 7.05 Å². The Labute approximate surface area is 115 Å². The fraction of sp³-hybridized carbons (Fsp3) is 0.250. The van der Waals surface area contributed by atoms with Gasteiger partial charge >= 0.3 is 0 Å². The first-order valence-electron chi connectivity index (χ1n) is 5.72. The molecule has 0 fully saturated rings. The van der Waals surface area contributed by atoms with Crippen molar-refractivity contribution in [1.82, 2.24) is 20.3 Å². The van der Waals surface area contributed by atoms with Gasteiger partial charge in [-0.2, -0.15) is 0 Å². The fourth-order valence-electron chi connectivity index (χ4n) is 1.60. The van der Waals surface area contributed by atoms with Gasteiger partial charge in [0.2, 0.25) is 5.91 Å². The van der Waals surface area contributed by atoms with Crippen LogP contribution in [0, 0.1) is 0 Å². The average Bonchev–Trinajstić information content (AvgIpc) is 2.87. The minimum absolute atomic E-state index is 0.122. The number of carbonyl (C=O) groups excluding carboxylic acids is 1. The predicted molar refractivity (Wildman–Crippen MR) is 71.6 cm³/mol. The first kappa shape index (κ1) is 13.5. The molecule has 1 atom stereocenters. The van der Waals surface area contributed by atoms with Crippen LogP contribution in [0.4, 0.5) is 0 Å². The van der Waals surface area contributed by atoms with Gasteiger partial charge in [-0.25, -0.2) is 4.68 Å². The van der Waals surface area contributed by atoms with E-state index in [1.807, 2.05) is 12.1 Å². The van der Waals surface area contributed by atoms with Gasteiger partial charge in [-0.05, 0) is 17.7 Å². The van der Waals surface area contributed by atoms with Crippen molar-refractivity contribution in [3.63, 3.8) is 0 Å². The van der Waals surface area contributed by atoms with E-state index in [0.29, 0.717) is 10.7 Å². The maximum Gasteiger partial charge on any atom is 0.241 e. The number of hydrogen-bond acceptors (Lipinski definition) is 4. The number of benzene rings is 1. The number of hydrogen-bond donors (Lipinski definition) is 2. The topological polar surface area (TPSA) is 85.8 Å². The molecule has 0 spiro atoms. The van der Waals surface area contributed by atoms with Crippen LogP contribution in [-0.4, -0.2) is 27.9 Å². The second kappa shape index (κ2) is 5.81. The molecule has 1 heterocycles. The van der Waals surface area contributed by atoms with Crippen LogP contribution in [0.5, 0.6) is 0 Å². The summed E-state index contributed by atoms with van der Waals surface area (Å²) in [5.74, 6) is -0.142. The molecule has 6 nitrogen and oxygen atoms in total. The van der Waals surface area contributed by atoms with Crippen molar-refractivity contribution in [3.05, 3.63) is 46.7 Å². The van der Waals surface area contributed by atoms with Crippen LogP contribution < -0.4 is 11.1 Å². The highest BCUT2D eigenvalue weighted by Gasteiger charge is 2.13. The summed E-state index contributed by atoms with van der Waals surface area (Å²) >= 11 is 5.82. The Kier molecular flexibility index (Phi) is 4.13. The minimum atomic E-state index is -0.393. The molecule has 1 amide bonds. The lowest BCUT2D eigenvalue weighted by Crippen LogP contribution is -2.23. The molecule has 19 heavy (non-hydrogen) atoms. The standard InChI is InChI=1S/C12H14ClN5O/c1-15-11(19)7-18-6-10(16-17-18)12(14)8-2-4-9(13)5-3-8/h2-6,12H,7,14H2,1H3,(H,15,19). The smallest absolute Gasteiger partial charge is 0.241 e. The number of likely N-dealkylation sites (N-methyl/N-ethyl adjacent to an activating group) is 1. The van der Waals surface area contributed by atoms with Gasteiger partial charge in [-0.1, -0.05) is 28.9 Å². The van der Waals surface area contributed by atoms with Crippen LogP contribution in [0.15, 0.2) is 30.5 Å². The summed E-state index contributed by atoms with van der Waals surface area (Å²) in [6, 6.07) is 6.82. The van der Waals surface area contributed by atoms with Gasteiger partial charge in [0.1, 0.15) is 12.2 Å². The summed E-state index contributed by atoms with van der Waals surface area (Å²) in [4.78, 5) is 11.2. The van der Waals surface area contributed by atoms with Gasteiger partial charge in [0.25, 0.3) is 0 Å². The van der Waals surface area contributed by atoms with Crippen molar-refractivity contribution in [2.45, 2.75) is 12.6 Å². The molecule has 1 unspecified atom stereocenters. The first-order valence-corrected chi connectivity index (χ1v) is 6.09. The van der Waals surface area contributed by atoms with Gasteiger partial charge in [0, 0.05) is 12.1 Å². The van der Waals surface area contributed by atoms with Crippen LogP contribution >= 0.6 is 11.6 Å². The van der Waals surface area contributed by atoms with E-state index in [1.54, 1.807) is 25.4 Å². The molecule has 0 saturated heterocycles. The molecule has 0 aliphatic carbocycles. The molecule has 0 bridgehead atoms. The zero-order chi connectivity index (χ0) is 13.8. The fourth-order valence-corrected chi connectivity index (χ4v) is 1.73. The molecule has 3 N–H and O–H groups in total. The number of amides is 1. The normalized spacial score (nSPS) is 12.2. The summed E-state index contributed by atoms with van der Waals surface area (Å²) in [6.45, 7) is 0.122. The molecule has 2 rings (SSSR count). The highest BCUT2D eigenvalue weighted by Crippen LogP contribution is 2.19. The molecular weight excluding hydrogens is 266 g/mol. The second-order valence-corrected chi connectivity index (χ2v) is 4.48. The van der Waals surface area contributed by atoms with Gasteiger partial charge in [0.15, 0.2) is 0 Å². The molecule has 0 saturated carbocycles. The summed E-state index contributed by atoms with van der Waals surface area (Å²) in [7, 11) is 1.57. The van der Waals surface area contributed by atoms with Crippen molar-refractivity contribution in [2.24, 2.45) is 5.73 Å². The largest absolute Gasteiger partial charge is 0.358 e. The van der Waals surface area contributed by atoms with Gasteiger partial charge in [-0.3, -0.25) is 4.79 Å². The maximum absolute atomic E-state index is 11.2. The molecule has 100 valence electrons. The predicted octanol–water partition coefficient (Wildman–Crippen LogP) is 0.726. The van der Waals surface area contributed by atoms with Gasteiger partial charge in [0.05, 0.1) is 12.2 Å². The number of rotatable bonds is 4. The number of nitrogens with two attached hydrogens (primary N) is 1. The highest BCUT2D eigenvalue weighted by molar-refractivity contribution is 6.30. The summed E-state index contributed by atoms with van der Waals surface area (Å²) in [5, 5.41) is 11.0. The zero-order valence-electron chi connectivity index (χ0n) is 10.4. The summed E-state index contributed by atoms with van der Waals surface area (Å²) in [5.41, 5.74) is 7.57. The van der Waals surface area contributed by atoms with E-state index in [2.05, 4.69) is 15.6 Å². The monoisotopic (exact) mass is 279 g/mol. The first-order chi connectivity index (χ1) is 9.10. The Bertz CT molecular complexity index is 566. The maximum atomic E-state index is 11.2. The molecule has 0 aliphatic rings. The Hall–Kier alpha value is -1.92. The van der Waals surface area contributed by atoms with E-state index >= 15 is 0 Å². The Morgan fingerprint density at radius 2 is 2.16 bits per heavy atom. The number of halogens is 1. The van der Waals surface area contributed by atoms with Crippen molar-refractivity contribution in [3.8, 4) is 0 Å². The number of nitrogens with zero attached hydrogens (tertiary/aromatic N) is 3. The van der Waals surface area contributed by atoms with Crippen LogP contribution in [-0.2, 0) is 11.3 Å². The van der Waals surface area contributed by atoms with Gasteiger partial charge in [-0.15, -0.1) is 5.10 Å². The van der Waals surface area contributed by atoms with E-state index < -0.39 is 6.04 Å². The second-order valence-electron chi connectivity index (χ2n) is 4.04. The molecular formula is C12H14ClN5O. The van der Waals surface area contributed by atoms with E-state index in [9.17, 15) is 4.79 Å². The minimum Gasteiger partial charge on any atom is -0.358 e. The van der Waals surface area contributed by atoms with E-state index in [4.69, 9.17) is 17.3 Å². The zero-order valence-corrected chi connectivity index (χ0v) is 11.1. The van der Waals surface area contributed by atoms with Gasteiger partial charge < -0.3 is 11.1 Å². The quantitative estimate of drug-likeness (QED) is 0.864. The van der Waals surface area contributed by atoms with E-state index in [-0.39, 0.29) is 12.5 Å². The molecule has 7 heteroatoms. The van der Waals surface area contributed by atoms with Crippen molar-refractivity contribution < 1.29 is 4.79 Å². The number of carbonyl (C=O) groups is 1. The lowest BCUT2D eigenvalue weighted by atomic mass is 10.1. The van der Waals surface area contributed by atoms with Crippen LogP contribution in [0.25, 0.3) is 0 Å². The third kappa shape index (κ3) is 3.30. The van der Waals surface area contributed by atoms with E-state index in [0.717, 1.165) is 5.56 Å². The molecule has 1 aromatic heterocycles. The Morgan fingerprint density at radius 3 is 2.79 bits per heavy atom. The number of aromatic nitrogens is 3. The number of nitrogens with one attached hydrogen (secondary N) is 1.